The summed E-state index contributed by atoms with van der Waals surface area (Å²) in [5.41, 5.74) is 3.59. The van der Waals surface area contributed by atoms with Crippen LogP contribution in [0, 0.1) is 6.92 Å². The number of hydrogen-bond donors (Lipinski definition) is 0. The predicted octanol–water partition coefficient (Wildman–Crippen LogP) is 2.49. The molecule has 1 aromatic carbocycles. The van der Waals surface area contributed by atoms with E-state index in [1.807, 2.05) is 18.3 Å². The largest absolute Gasteiger partial charge is 0.496 e. The van der Waals surface area contributed by atoms with Crippen LogP contribution in [0.4, 0.5) is 0 Å². The smallest absolute Gasteiger partial charge is 0.165 e. The number of aromatic nitrogens is 1. The minimum atomic E-state index is 0.590. The molecule has 2 aromatic rings. The van der Waals surface area contributed by atoms with Crippen LogP contribution in [0.1, 0.15) is 16.8 Å². The summed E-state index contributed by atoms with van der Waals surface area (Å²) in [5, 5.41) is 0. The van der Waals surface area contributed by atoms with Crippen LogP contribution in [0.3, 0.4) is 0 Å². The first-order valence-electron chi connectivity index (χ1n) is 9.54. The molecule has 1 fully saturated rings. The van der Waals surface area contributed by atoms with E-state index in [0.29, 0.717) is 13.2 Å². The molecule has 0 unspecified atom stereocenters. The molecule has 0 saturated carbocycles. The maximum atomic E-state index is 5.73. The maximum absolute atomic E-state index is 5.73. The van der Waals surface area contributed by atoms with Gasteiger partial charge in [0.25, 0.3) is 0 Å². The SMILES string of the molecule is COc1cc2c(cc1CN1CCN(Cc3ncccc3C)CC1)OCCO2. The molecule has 3 heterocycles. The highest BCUT2D eigenvalue weighted by atomic mass is 16.6. The third kappa shape index (κ3) is 4.17. The second-order valence-corrected chi connectivity index (χ2v) is 7.13. The van der Waals surface area contributed by atoms with E-state index in [2.05, 4.69) is 33.8 Å². The zero-order valence-electron chi connectivity index (χ0n) is 16.1. The lowest BCUT2D eigenvalue weighted by molar-refractivity contribution is 0.119. The van der Waals surface area contributed by atoms with Gasteiger partial charge >= 0.3 is 0 Å². The number of methoxy groups -OCH3 is 1. The summed E-state index contributed by atoms with van der Waals surface area (Å²) < 4.78 is 17.0. The van der Waals surface area contributed by atoms with Crippen LogP contribution in [-0.2, 0) is 13.1 Å². The molecule has 0 bridgehead atoms. The molecule has 144 valence electrons. The molecule has 0 radical (unpaired) electrons. The van der Waals surface area contributed by atoms with E-state index in [4.69, 9.17) is 14.2 Å². The summed E-state index contributed by atoms with van der Waals surface area (Å²) in [6.45, 7) is 9.26. The summed E-state index contributed by atoms with van der Waals surface area (Å²) >= 11 is 0. The number of piperazine rings is 1. The number of aryl methyl sites for hydroxylation is 1. The highest BCUT2D eigenvalue weighted by Crippen LogP contribution is 2.37. The third-order valence-electron chi connectivity index (χ3n) is 5.30. The Morgan fingerprint density at radius 3 is 2.33 bits per heavy atom. The topological polar surface area (TPSA) is 47.1 Å². The van der Waals surface area contributed by atoms with Crippen LogP contribution in [0.25, 0.3) is 0 Å². The Morgan fingerprint density at radius 2 is 1.67 bits per heavy atom. The highest BCUT2D eigenvalue weighted by Gasteiger charge is 2.21. The fourth-order valence-electron chi connectivity index (χ4n) is 3.67. The van der Waals surface area contributed by atoms with Crippen molar-refractivity contribution in [1.29, 1.82) is 0 Å². The molecule has 0 N–H and O–H groups in total. The van der Waals surface area contributed by atoms with Crippen LogP contribution >= 0.6 is 0 Å². The number of hydrogen-bond acceptors (Lipinski definition) is 6. The Balaban J connectivity index is 1.37. The summed E-state index contributed by atoms with van der Waals surface area (Å²) in [5.74, 6) is 2.46. The number of pyridine rings is 1. The number of ether oxygens (including phenoxy) is 3. The molecule has 0 amide bonds. The fraction of sp³-hybridized carbons (Fsp3) is 0.476. The monoisotopic (exact) mass is 369 g/mol. The normalized spacial score (nSPS) is 17.7. The van der Waals surface area contributed by atoms with E-state index in [9.17, 15) is 0 Å². The summed E-state index contributed by atoms with van der Waals surface area (Å²) in [6.07, 6.45) is 1.88. The molecule has 6 nitrogen and oxygen atoms in total. The third-order valence-corrected chi connectivity index (χ3v) is 5.30. The number of nitrogens with zero attached hydrogens (tertiary/aromatic N) is 3. The minimum absolute atomic E-state index is 0.590. The van der Waals surface area contributed by atoms with Crippen molar-refractivity contribution in [2.45, 2.75) is 20.0 Å². The van der Waals surface area contributed by atoms with Gasteiger partial charge in [0.1, 0.15) is 19.0 Å². The van der Waals surface area contributed by atoms with Crippen molar-refractivity contribution < 1.29 is 14.2 Å². The highest BCUT2D eigenvalue weighted by molar-refractivity contribution is 5.51. The molecule has 0 aliphatic carbocycles. The van der Waals surface area contributed by atoms with Crippen molar-refractivity contribution in [2.24, 2.45) is 0 Å². The molecule has 1 aromatic heterocycles. The van der Waals surface area contributed by atoms with Crippen molar-refractivity contribution >= 4 is 0 Å². The van der Waals surface area contributed by atoms with Crippen molar-refractivity contribution in [3.05, 3.63) is 47.3 Å². The quantitative estimate of drug-likeness (QED) is 0.807. The summed E-state index contributed by atoms with van der Waals surface area (Å²) in [4.78, 5) is 9.47. The zero-order chi connectivity index (χ0) is 18.6. The molecule has 1 saturated heterocycles. The van der Waals surface area contributed by atoms with E-state index in [-0.39, 0.29) is 0 Å². The van der Waals surface area contributed by atoms with Gasteiger partial charge in [-0.25, -0.2) is 0 Å². The van der Waals surface area contributed by atoms with Gasteiger partial charge in [-0.1, -0.05) is 6.07 Å². The van der Waals surface area contributed by atoms with Crippen molar-refractivity contribution in [3.8, 4) is 17.2 Å². The van der Waals surface area contributed by atoms with Gasteiger partial charge in [-0.05, 0) is 24.6 Å². The first-order valence-corrected chi connectivity index (χ1v) is 9.54. The van der Waals surface area contributed by atoms with Gasteiger partial charge in [0.2, 0.25) is 0 Å². The Labute approximate surface area is 160 Å². The number of fused-ring (bicyclic) bond motifs is 1. The van der Waals surface area contributed by atoms with Crippen LogP contribution in [-0.4, -0.2) is 61.3 Å². The van der Waals surface area contributed by atoms with Gasteiger partial charge < -0.3 is 14.2 Å². The lowest BCUT2D eigenvalue weighted by atomic mass is 10.1. The van der Waals surface area contributed by atoms with E-state index in [1.54, 1.807) is 7.11 Å². The predicted molar refractivity (Wildman–Crippen MR) is 104 cm³/mol. The van der Waals surface area contributed by atoms with Crippen LogP contribution in [0.5, 0.6) is 17.2 Å². The molecule has 0 atom stereocenters. The number of benzene rings is 1. The maximum Gasteiger partial charge on any atom is 0.165 e. The molecule has 2 aliphatic rings. The zero-order valence-corrected chi connectivity index (χ0v) is 16.1. The first-order chi connectivity index (χ1) is 13.2. The van der Waals surface area contributed by atoms with Crippen LogP contribution in [0.2, 0.25) is 0 Å². The van der Waals surface area contributed by atoms with Crippen LogP contribution in [0.15, 0.2) is 30.5 Å². The average Bonchev–Trinajstić information content (AvgIpc) is 2.70. The molecule has 2 aliphatic heterocycles. The first kappa shape index (κ1) is 18.1. The van der Waals surface area contributed by atoms with Gasteiger partial charge in [0.05, 0.1) is 12.8 Å². The van der Waals surface area contributed by atoms with E-state index in [1.165, 1.54) is 11.3 Å². The second kappa shape index (κ2) is 8.15. The average molecular weight is 369 g/mol. The molecule has 0 spiro atoms. The van der Waals surface area contributed by atoms with Crippen LogP contribution < -0.4 is 14.2 Å². The lowest BCUT2D eigenvalue weighted by Gasteiger charge is -2.35. The Bertz CT molecular complexity index is 788. The van der Waals surface area contributed by atoms with Gasteiger partial charge in [-0.15, -0.1) is 0 Å². The second-order valence-electron chi connectivity index (χ2n) is 7.13. The fourth-order valence-corrected chi connectivity index (χ4v) is 3.67. The number of rotatable bonds is 5. The van der Waals surface area contributed by atoms with Crippen molar-refractivity contribution in [3.63, 3.8) is 0 Å². The summed E-state index contributed by atoms with van der Waals surface area (Å²) in [6, 6.07) is 8.14. The summed E-state index contributed by atoms with van der Waals surface area (Å²) in [7, 11) is 1.71. The van der Waals surface area contributed by atoms with E-state index < -0.39 is 0 Å². The lowest BCUT2D eigenvalue weighted by Crippen LogP contribution is -2.45. The molecule has 6 heteroatoms. The van der Waals surface area contributed by atoms with Gasteiger partial charge in [-0.2, -0.15) is 0 Å². The Morgan fingerprint density at radius 1 is 1.00 bits per heavy atom. The van der Waals surface area contributed by atoms with Crippen molar-refractivity contribution in [1.82, 2.24) is 14.8 Å². The van der Waals surface area contributed by atoms with Gasteiger partial charge in [-0.3, -0.25) is 14.8 Å². The minimum Gasteiger partial charge on any atom is -0.496 e. The van der Waals surface area contributed by atoms with Crippen molar-refractivity contribution in [2.75, 3.05) is 46.5 Å². The Kier molecular flexibility index (Phi) is 5.45. The standard InChI is InChI=1S/C21H27N3O3/c1-16-4-3-5-22-18(16)15-24-8-6-23(7-9-24)14-17-12-20-21(13-19(17)25-2)27-11-10-26-20/h3-5,12-13H,6-11,14-15H2,1-2H3. The Hall–Kier alpha value is -2.31. The molecular weight excluding hydrogens is 342 g/mol. The molecule has 4 rings (SSSR count). The molecular formula is C21H27N3O3. The van der Waals surface area contributed by atoms with E-state index >= 15 is 0 Å². The van der Waals surface area contributed by atoms with E-state index in [0.717, 1.165) is 62.1 Å². The van der Waals surface area contributed by atoms with Gasteiger partial charge in [0.15, 0.2) is 11.5 Å². The van der Waals surface area contributed by atoms with Gasteiger partial charge in [0, 0.05) is 57.1 Å². The molecule has 27 heavy (non-hydrogen) atoms.